The van der Waals surface area contributed by atoms with Crippen molar-refractivity contribution in [2.24, 2.45) is 0 Å². The Morgan fingerprint density at radius 3 is 2.38 bits per heavy atom. The lowest BCUT2D eigenvalue weighted by atomic mass is 9.95. The topological polar surface area (TPSA) is 12.5 Å². The van der Waals surface area contributed by atoms with E-state index in [1.165, 1.54) is 54.4 Å². The van der Waals surface area contributed by atoms with Crippen LogP contribution in [0.3, 0.4) is 0 Å². The molecule has 0 fully saturated rings. The molecule has 0 amide bonds. The van der Waals surface area contributed by atoms with Crippen LogP contribution in [0.15, 0.2) is 48.5 Å². The molecule has 1 atom stereocenters. The van der Waals surface area contributed by atoms with Crippen LogP contribution < -0.4 is 0 Å². The Hall–Kier alpha value is -1.64. The number of benzene rings is 2. The van der Waals surface area contributed by atoms with Crippen LogP contribution in [-0.4, -0.2) is 32.1 Å². The highest BCUT2D eigenvalue weighted by atomic mass is 16.5. The second-order valence-electron chi connectivity index (χ2n) is 7.05. The third-order valence-corrected chi connectivity index (χ3v) is 4.85. The van der Waals surface area contributed by atoms with Crippen LogP contribution in [0.2, 0.25) is 0 Å². The Bertz CT molecular complexity index is 636. The molecule has 1 aliphatic rings. The second-order valence-corrected chi connectivity index (χ2v) is 7.05. The summed E-state index contributed by atoms with van der Waals surface area (Å²) in [5, 5.41) is 0. The van der Waals surface area contributed by atoms with Gasteiger partial charge in [-0.05, 0) is 62.0 Å². The van der Waals surface area contributed by atoms with E-state index in [9.17, 15) is 0 Å². The van der Waals surface area contributed by atoms with Gasteiger partial charge in [0.1, 0.15) is 6.10 Å². The van der Waals surface area contributed by atoms with Crippen molar-refractivity contribution >= 4 is 0 Å². The number of likely N-dealkylation sites (N-methyl/N-ethyl adjacent to an activating group) is 1. The van der Waals surface area contributed by atoms with Gasteiger partial charge in [0.25, 0.3) is 0 Å². The first-order chi connectivity index (χ1) is 11.7. The molecular weight excluding hydrogens is 294 g/mol. The van der Waals surface area contributed by atoms with Gasteiger partial charge in [-0.15, -0.1) is 0 Å². The lowest BCUT2D eigenvalue weighted by molar-refractivity contribution is 0.0686. The molecule has 3 rings (SSSR count). The van der Waals surface area contributed by atoms with E-state index in [0.29, 0.717) is 0 Å². The lowest BCUT2D eigenvalue weighted by Crippen LogP contribution is -2.20. The van der Waals surface area contributed by atoms with Gasteiger partial charge in [-0.2, -0.15) is 0 Å². The summed E-state index contributed by atoms with van der Waals surface area (Å²) in [5.74, 6) is 0. The van der Waals surface area contributed by atoms with Crippen molar-refractivity contribution < 1.29 is 4.74 Å². The van der Waals surface area contributed by atoms with Crippen molar-refractivity contribution in [1.82, 2.24) is 4.90 Å². The molecule has 2 nitrogen and oxygen atoms in total. The Morgan fingerprint density at radius 1 is 0.875 bits per heavy atom. The van der Waals surface area contributed by atoms with Crippen molar-refractivity contribution in [1.29, 1.82) is 0 Å². The third-order valence-electron chi connectivity index (χ3n) is 4.85. The molecular formula is C22H29NO. The highest BCUT2D eigenvalue weighted by Gasteiger charge is 2.17. The van der Waals surface area contributed by atoms with Crippen molar-refractivity contribution in [3.05, 3.63) is 70.8 Å². The van der Waals surface area contributed by atoms with Gasteiger partial charge in [-0.25, -0.2) is 0 Å². The number of hydrogen-bond donors (Lipinski definition) is 0. The standard InChI is InChI=1S/C22H29NO/c1-23(2)15-16-24-22(19-10-6-4-7-11-19)21-14-13-18-9-5-3-8-12-20(18)17-21/h4,6-7,10-11,13-14,17,22H,3,5,8-9,12,15-16H2,1-2H3. The zero-order valence-electron chi connectivity index (χ0n) is 15.0. The molecule has 2 aromatic carbocycles. The quantitative estimate of drug-likeness (QED) is 0.719. The van der Waals surface area contributed by atoms with Crippen LogP contribution in [0.4, 0.5) is 0 Å². The van der Waals surface area contributed by atoms with Crippen molar-refractivity contribution in [2.45, 2.75) is 38.2 Å². The molecule has 0 bridgehead atoms. The Morgan fingerprint density at radius 2 is 1.62 bits per heavy atom. The highest BCUT2D eigenvalue weighted by Crippen LogP contribution is 2.30. The van der Waals surface area contributed by atoms with Crippen LogP contribution in [0.25, 0.3) is 0 Å². The van der Waals surface area contributed by atoms with E-state index < -0.39 is 0 Å². The van der Waals surface area contributed by atoms with E-state index in [4.69, 9.17) is 4.74 Å². The van der Waals surface area contributed by atoms with Gasteiger partial charge >= 0.3 is 0 Å². The van der Waals surface area contributed by atoms with Crippen LogP contribution in [0.1, 0.15) is 47.6 Å². The first kappa shape index (κ1) is 17.2. The van der Waals surface area contributed by atoms with Gasteiger partial charge in [0.2, 0.25) is 0 Å². The average Bonchev–Trinajstić information content (AvgIpc) is 2.84. The zero-order chi connectivity index (χ0) is 16.8. The molecule has 0 radical (unpaired) electrons. The van der Waals surface area contributed by atoms with Crippen molar-refractivity contribution in [3.63, 3.8) is 0 Å². The summed E-state index contributed by atoms with van der Waals surface area (Å²) < 4.78 is 6.31. The first-order valence-corrected chi connectivity index (χ1v) is 9.17. The average molecular weight is 323 g/mol. The number of nitrogens with zero attached hydrogens (tertiary/aromatic N) is 1. The van der Waals surface area contributed by atoms with E-state index in [1.807, 2.05) is 0 Å². The van der Waals surface area contributed by atoms with E-state index in [-0.39, 0.29) is 6.10 Å². The van der Waals surface area contributed by atoms with E-state index in [2.05, 4.69) is 67.5 Å². The molecule has 0 saturated carbocycles. The summed E-state index contributed by atoms with van der Waals surface area (Å²) >= 11 is 0. The van der Waals surface area contributed by atoms with Crippen molar-refractivity contribution in [2.75, 3.05) is 27.2 Å². The SMILES string of the molecule is CN(C)CCOC(c1ccccc1)c1ccc2c(c1)CCCCC2. The van der Waals surface area contributed by atoms with Gasteiger partial charge in [0, 0.05) is 6.54 Å². The Balaban J connectivity index is 1.86. The minimum atomic E-state index is 0.0275. The molecule has 0 spiro atoms. The minimum Gasteiger partial charge on any atom is -0.367 e. The van der Waals surface area contributed by atoms with Gasteiger partial charge < -0.3 is 9.64 Å². The number of hydrogen-bond acceptors (Lipinski definition) is 2. The Kier molecular flexibility index (Phi) is 6.06. The number of ether oxygens (including phenoxy) is 1. The largest absolute Gasteiger partial charge is 0.367 e. The molecule has 24 heavy (non-hydrogen) atoms. The summed E-state index contributed by atoms with van der Waals surface area (Å²) in [7, 11) is 4.17. The summed E-state index contributed by atoms with van der Waals surface area (Å²) in [6, 6.07) is 17.6. The highest BCUT2D eigenvalue weighted by molar-refractivity contribution is 5.38. The monoisotopic (exact) mass is 323 g/mol. The molecule has 2 heteroatoms. The van der Waals surface area contributed by atoms with Crippen LogP contribution in [0.5, 0.6) is 0 Å². The minimum absolute atomic E-state index is 0.0275. The second kappa shape index (κ2) is 8.46. The zero-order valence-corrected chi connectivity index (χ0v) is 15.0. The first-order valence-electron chi connectivity index (χ1n) is 9.17. The summed E-state index contributed by atoms with van der Waals surface area (Å²) in [4.78, 5) is 2.17. The molecule has 0 N–H and O–H groups in total. The molecule has 128 valence electrons. The molecule has 0 heterocycles. The predicted molar refractivity (Wildman–Crippen MR) is 100 cm³/mol. The van der Waals surface area contributed by atoms with E-state index in [1.54, 1.807) is 0 Å². The van der Waals surface area contributed by atoms with Gasteiger partial charge in [0.15, 0.2) is 0 Å². The third kappa shape index (κ3) is 4.46. The molecule has 2 aromatic rings. The van der Waals surface area contributed by atoms with Crippen LogP contribution >= 0.6 is 0 Å². The summed E-state index contributed by atoms with van der Waals surface area (Å²) in [6.07, 6.45) is 6.46. The van der Waals surface area contributed by atoms with E-state index in [0.717, 1.165) is 13.2 Å². The molecule has 0 saturated heterocycles. The summed E-state index contributed by atoms with van der Waals surface area (Å²) in [5.41, 5.74) is 5.60. The van der Waals surface area contributed by atoms with Crippen LogP contribution in [-0.2, 0) is 17.6 Å². The number of fused-ring (bicyclic) bond motifs is 1. The number of aryl methyl sites for hydroxylation is 2. The predicted octanol–water partition coefficient (Wildman–Crippen LogP) is 4.62. The molecule has 0 aromatic heterocycles. The summed E-state index contributed by atoms with van der Waals surface area (Å²) in [6.45, 7) is 1.68. The molecule has 0 aliphatic heterocycles. The maximum Gasteiger partial charge on any atom is 0.108 e. The Labute approximate surface area is 146 Å². The maximum atomic E-state index is 6.31. The fourth-order valence-electron chi connectivity index (χ4n) is 3.46. The maximum absolute atomic E-state index is 6.31. The molecule has 1 aliphatic carbocycles. The van der Waals surface area contributed by atoms with E-state index >= 15 is 0 Å². The fourth-order valence-corrected chi connectivity index (χ4v) is 3.46. The fraction of sp³-hybridized carbons (Fsp3) is 0.455. The lowest BCUT2D eigenvalue weighted by Gasteiger charge is -2.21. The normalized spacial score (nSPS) is 15.8. The molecule has 1 unspecified atom stereocenters. The van der Waals surface area contributed by atoms with Crippen molar-refractivity contribution in [3.8, 4) is 0 Å². The smallest absolute Gasteiger partial charge is 0.108 e. The number of rotatable bonds is 6. The van der Waals surface area contributed by atoms with Crippen LogP contribution in [0, 0.1) is 0 Å². The van der Waals surface area contributed by atoms with Gasteiger partial charge in [0.05, 0.1) is 6.61 Å². The van der Waals surface area contributed by atoms with Gasteiger partial charge in [-0.1, -0.05) is 55.0 Å². The van der Waals surface area contributed by atoms with Gasteiger partial charge in [-0.3, -0.25) is 0 Å².